The van der Waals surface area contributed by atoms with Crippen LogP contribution in [0.25, 0.3) is 0 Å². The second-order valence-corrected chi connectivity index (χ2v) is 6.76. The number of benzene rings is 1. The lowest BCUT2D eigenvalue weighted by Gasteiger charge is -2.42. The summed E-state index contributed by atoms with van der Waals surface area (Å²) < 4.78 is 38.8. The van der Waals surface area contributed by atoms with Gasteiger partial charge in [0.25, 0.3) is 0 Å². The van der Waals surface area contributed by atoms with E-state index in [0.29, 0.717) is 25.3 Å². The Balaban J connectivity index is 1.66. The van der Waals surface area contributed by atoms with Crippen molar-refractivity contribution in [2.45, 2.75) is 25.1 Å². The van der Waals surface area contributed by atoms with E-state index in [2.05, 4.69) is 22.0 Å². The molecule has 1 aliphatic rings. The van der Waals surface area contributed by atoms with Crippen molar-refractivity contribution in [2.24, 2.45) is 0 Å². The Kier molecular flexibility index (Phi) is 6.34. The second-order valence-electron chi connectivity index (χ2n) is 6.76. The highest BCUT2D eigenvalue weighted by atomic mass is 19.4. The zero-order valence-corrected chi connectivity index (χ0v) is 15.1. The summed E-state index contributed by atoms with van der Waals surface area (Å²) in [5.41, 5.74) is 0.382. The van der Waals surface area contributed by atoms with Crippen molar-refractivity contribution >= 4 is 5.82 Å². The largest absolute Gasteiger partial charge is 0.433 e. The van der Waals surface area contributed by atoms with E-state index in [4.69, 9.17) is 0 Å². The molecule has 0 aliphatic carbocycles. The predicted molar refractivity (Wildman–Crippen MR) is 98.7 cm³/mol. The molecule has 0 radical (unpaired) electrons. The summed E-state index contributed by atoms with van der Waals surface area (Å²) in [7, 11) is 0. The van der Waals surface area contributed by atoms with Crippen LogP contribution >= 0.6 is 0 Å². The van der Waals surface area contributed by atoms with Crippen LogP contribution in [0.15, 0.2) is 48.5 Å². The number of piperazine rings is 1. The molecule has 1 aliphatic heterocycles. The van der Waals surface area contributed by atoms with Gasteiger partial charge in [0.1, 0.15) is 11.5 Å². The van der Waals surface area contributed by atoms with E-state index >= 15 is 0 Å². The van der Waals surface area contributed by atoms with E-state index in [9.17, 15) is 18.3 Å². The van der Waals surface area contributed by atoms with Gasteiger partial charge in [0, 0.05) is 38.8 Å². The molecular formula is C20H24F3N3O. The SMILES string of the molecule is OCCC1CN(c2cccc(C(F)(F)F)n2)CCN1CCc1ccccc1. The van der Waals surface area contributed by atoms with E-state index in [1.54, 1.807) is 6.07 Å². The number of anilines is 1. The topological polar surface area (TPSA) is 39.6 Å². The average Bonchev–Trinajstić information content (AvgIpc) is 2.67. The van der Waals surface area contributed by atoms with Gasteiger partial charge in [-0.25, -0.2) is 4.98 Å². The molecule has 146 valence electrons. The Morgan fingerprint density at radius 2 is 1.81 bits per heavy atom. The third kappa shape index (κ3) is 5.20. The fraction of sp³-hybridized carbons (Fsp3) is 0.450. The van der Waals surface area contributed by atoms with Crippen molar-refractivity contribution < 1.29 is 18.3 Å². The molecule has 1 unspecified atom stereocenters. The number of nitrogens with zero attached hydrogens (tertiary/aromatic N) is 3. The van der Waals surface area contributed by atoms with Crippen LogP contribution in [-0.2, 0) is 12.6 Å². The Bertz CT molecular complexity index is 724. The fourth-order valence-electron chi connectivity index (χ4n) is 3.49. The van der Waals surface area contributed by atoms with E-state index in [-0.39, 0.29) is 12.6 Å². The minimum absolute atomic E-state index is 0.0519. The quantitative estimate of drug-likeness (QED) is 0.837. The molecule has 2 aromatic rings. The Hall–Kier alpha value is -2.12. The minimum Gasteiger partial charge on any atom is -0.396 e. The maximum atomic E-state index is 12.9. The zero-order valence-electron chi connectivity index (χ0n) is 15.1. The predicted octanol–water partition coefficient (Wildman–Crippen LogP) is 3.22. The first-order valence-corrected chi connectivity index (χ1v) is 9.15. The standard InChI is InChI=1S/C20H24F3N3O/c21-20(22,23)18-7-4-8-19(24-18)26-13-12-25(17(15-26)10-14-27)11-9-16-5-2-1-3-6-16/h1-8,17,27H,9-15H2. The van der Waals surface area contributed by atoms with Gasteiger partial charge < -0.3 is 10.0 Å². The number of aliphatic hydroxyl groups excluding tert-OH is 1. The first-order chi connectivity index (χ1) is 13.0. The molecule has 0 bridgehead atoms. The van der Waals surface area contributed by atoms with Crippen LogP contribution < -0.4 is 4.90 Å². The van der Waals surface area contributed by atoms with Crippen LogP contribution in [0, 0.1) is 0 Å². The maximum absolute atomic E-state index is 12.9. The molecule has 3 rings (SSSR count). The molecule has 1 atom stereocenters. The van der Waals surface area contributed by atoms with Crippen molar-refractivity contribution in [2.75, 3.05) is 37.7 Å². The summed E-state index contributed by atoms with van der Waals surface area (Å²) in [5.74, 6) is 0.343. The molecule has 2 heterocycles. The van der Waals surface area contributed by atoms with Crippen LogP contribution in [0.4, 0.5) is 19.0 Å². The van der Waals surface area contributed by atoms with Crippen LogP contribution in [0.5, 0.6) is 0 Å². The van der Waals surface area contributed by atoms with Gasteiger partial charge in [0.2, 0.25) is 0 Å². The van der Waals surface area contributed by atoms with E-state index in [0.717, 1.165) is 25.6 Å². The molecule has 4 nitrogen and oxygen atoms in total. The van der Waals surface area contributed by atoms with Gasteiger partial charge in [-0.05, 0) is 30.5 Å². The summed E-state index contributed by atoms with van der Waals surface area (Å²) >= 11 is 0. The van der Waals surface area contributed by atoms with Crippen molar-refractivity contribution in [1.82, 2.24) is 9.88 Å². The van der Waals surface area contributed by atoms with Gasteiger partial charge in [-0.15, -0.1) is 0 Å². The molecule has 0 spiro atoms. The molecular weight excluding hydrogens is 355 g/mol. The van der Waals surface area contributed by atoms with E-state index in [1.807, 2.05) is 23.1 Å². The lowest BCUT2D eigenvalue weighted by Crippen LogP contribution is -2.54. The summed E-state index contributed by atoms with van der Waals surface area (Å²) in [6, 6.07) is 14.3. The van der Waals surface area contributed by atoms with Gasteiger partial charge in [0.15, 0.2) is 0 Å². The summed E-state index contributed by atoms with van der Waals surface area (Å²) in [5, 5.41) is 9.42. The maximum Gasteiger partial charge on any atom is 0.433 e. The minimum atomic E-state index is -4.45. The Morgan fingerprint density at radius 1 is 1.04 bits per heavy atom. The molecule has 7 heteroatoms. The number of hydrogen-bond acceptors (Lipinski definition) is 4. The molecule has 1 aromatic carbocycles. The molecule has 1 fully saturated rings. The van der Waals surface area contributed by atoms with Gasteiger partial charge in [0.05, 0.1) is 0 Å². The lowest BCUT2D eigenvalue weighted by atomic mass is 10.1. The fourth-order valence-corrected chi connectivity index (χ4v) is 3.49. The molecule has 27 heavy (non-hydrogen) atoms. The van der Waals surface area contributed by atoms with Gasteiger partial charge in [-0.2, -0.15) is 13.2 Å². The van der Waals surface area contributed by atoms with Crippen molar-refractivity contribution in [3.05, 3.63) is 59.8 Å². The Morgan fingerprint density at radius 3 is 2.52 bits per heavy atom. The van der Waals surface area contributed by atoms with Crippen molar-refractivity contribution in [1.29, 1.82) is 0 Å². The van der Waals surface area contributed by atoms with Crippen LogP contribution in [0.3, 0.4) is 0 Å². The number of pyridine rings is 1. The lowest BCUT2D eigenvalue weighted by molar-refractivity contribution is -0.141. The molecule has 0 saturated carbocycles. The first kappa shape index (κ1) is 19.6. The highest BCUT2D eigenvalue weighted by Crippen LogP contribution is 2.29. The number of alkyl halides is 3. The van der Waals surface area contributed by atoms with Crippen molar-refractivity contribution in [3.8, 4) is 0 Å². The van der Waals surface area contributed by atoms with Gasteiger partial charge >= 0.3 is 6.18 Å². The number of aliphatic hydroxyl groups is 1. The number of aromatic nitrogens is 1. The highest BCUT2D eigenvalue weighted by Gasteiger charge is 2.33. The van der Waals surface area contributed by atoms with Crippen LogP contribution in [0.2, 0.25) is 0 Å². The molecule has 0 amide bonds. The Labute approximate surface area is 157 Å². The van der Waals surface area contributed by atoms with Crippen LogP contribution in [-0.4, -0.2) is 53.8 Å². The van der Waals surface area contributed by atoms with Gasteiger partial charge in [-0.3, -0.25) is 4.90 Å². The zero-order chi connectivity index (χ0) is 19.3. The normalized spacial score (nSPS) is 18.7. The van der Waals surface area contributed by atoms with E-state index < -0.39 is 11.9 Å². The monoisotopic (exact) mass is 379 g/mol. The highest BCUT2D eigenvalue weighted by molar-refractivity contribution is 5.40. The number of hydrogen-bond donors (Lipinski definition) is 1. The molecule has 1 N–H and O–H groups in total. The van der Waals surface area contributed by atoms with Crippen molar-refractivity contribution in [3.63, 3.8) is 0 Å². The summed E-state index contributed by atoms with van der Waals surface area (Å²) in [6.07, 6.45) is -2.95. The molecule has 1 saturated heterocycles. The van der Waals surface area contributed by atoms with Gasteiger partial charge in [-0.1, -0.05) is 36.4 Å². The second kappa shape index (κ2) is 8.71. The molecule has 1 aromatic heterocycles. The third-order valence-electron chi connectivity index (χ3n) is 4.95. The third-order valence-corrected chi connectivity index (χ3v) is 4.95. The number of rotatable bonds is 6. The number of halogens is 3. The smallest absolute Gasteiger partial charge is 0.396 e. The van der Waals surface area contributed by atoms with Crippen LogP contribution in [0.1, 0.15) is 17.7 Å². The summed E-state index contributed by atoms with van der Waals surface area (Å²) in [6.45, 7) is 2.82. The average molecular weight is 379 g/mol. The first-order valence-electron chi connectivity index (χ1n) is 9.15. The van der Waals surface area contributed by atoms with E-state index in [1.165, 1.54) is 11.6 Å². The summed E-state index contributed by atoms with van der Waals surface area (Å²) in [4.78, 5) is 8.00.